The molecule has 1 heterocycles. The van der Waals surface area contributed by atoms with Gasteiger partial charge in [-0.1, -0.05) is 24.8 Å². The van der Waals surface area contributed by atoms with Gasteiger partial charge >= 0.3 is 0 Å². The van der Waals surface area contributed by atoms with Crippen LogP contribution in [0.15, 0.2) is 42.5 Å². The molecule has 2 fully saturated rings. The third-order valence-corrected chi connectivity index (χ3v) is 3.69. The summed E-state index contributed by atoms with van der Waals surface area (Å²) in [6, 6.07) is 9.32. The van der Waals surface area contributed by atoms with E-state index >= 15 is 0 Å². The minimum Gasteiger partial charge on any atom is -0.365 e. The van der Waals surface area contributed by atoms with Crippen LogP contribution in [0.4, 0.5) is 0 Å². The second-order valence-corrected chi connectivity index (χ2v) is 5.14. The molecule has 3 atom stereocenters. The van der Waals surface area contributed by atoms with E-state index in [1.807, 2.05) is 30.3 Å². The van der Waals surface area contributed by atoms with Crippen LogP contribution in [-0.4, -0.2) is 24.7 Å². The summed E-state index contributed by atoms with van der Waals surface area (Å²) in [7, 11) is 0. The molecule has 1 saturated carbocycles. The normalized spacial score (nSPS) is 29.6. The van der Waals surface area contributed by atoms with Gasteiger partial charge in [0, 0.05) is 12.1 Å². The summed E-state index contributed by atoms with van der Waals surface area (Å²) in [6.45, 7) is 4.74. The second kappa shape index (κ2) is 4.58. The van der Waals surface area contributed by atoms with Gasteiger partial charge in [0.2, 0.25) is 0 Å². The Kier molecular flexibility index (Phi) is 2.92. The first-order valence-electron chi connectivity index (χ1n) is 6.40. The summed E-state index contributed by atoms with van der Waals surface area (Å²) >= 11 is 0. The van der Waals surface area contributed by atoms with E-state index in [9.17, 15) is 4.79 Å². The van der Waals surface area contributed by atoms with E-state index < -0.39 is 0 Å². The van der Waals surface area contributed by atoms with E-state index in [1.165, 1.54) is 5.57 Å². The highest BCUT2D eigenvalue weighted by atomic mass is 16.6. The topological polar surface area (TPSA) is 41.6 Å². The lowest BCUT2D eigenvalue weighted by Gasteiger charge is -2.20. The third-order valence-electron chi connectivity index (χ3n) is 3.69. The molecule has 1 amide bonds. The monoisotopic (exact) mass is 243 g/mol. The summed E-state index contributed by atoms with van der Waals surface area (Å²) in [4.78, 5) is 11.9. The lowest BCUT2D eigenvalue weighted by atomic mass is 9.86. The van der Waals surface area contributed by atoms with Gasteiger partial charge < -0.3 is 10.1 Å². The molecule has 1 aromatic carbocycles. The number of nitrogens with one attached hydrogen (secondary N) is 1. The molecule has 0 unspecified atom stereocenters. The zero-order valence-corrected chi connectivity index (χ0v) is 10.3. The molecule has 0 spiro atoms. The standard InChI is InChI=1S/C15H17NO2/c1-10-7-11(8-13-14(10)18-13)9-16-15(17)12-5-3-2-4-6-12/h2-6,11,13-14H,1,7-9H2,(H,16,17)/t11-,13+,14-/m1/s1. The van der Waals surface area contributed by atoms with E-state index in [2.05, 4.69) is 11.9 Å². The fraction of sp³-hybridized carbons (Fsp3) is 0.400. The number of carbonyl (C=O) groups is 1. The zero-order chi connectivity index (χ0) is 12.5. The minimum atomic E-state index is 0.0000472. The molecule has 94 valence electrons. The van der Waals surface area contributed by atoms with Gasteiger partial charge in [-0.2, -0.15) is 0 Å². The number of hydrogen-bond acceptors (Lipinski definition) is 2. The molecule has 0 radical (unpaired) electrons. The van der Waals surface area contributed by atoms with E-state index in [4.69, 9.17) is 4.74 Å². The van der Waals surface area contributed by atoms with Crippen molar-refractivity contribution in [1.29, 1.82) is 0 Å². The Morgan fingerprint density at radius 3 is 2.89 bits per heavy atom. The highest BCUT2D eigenvalue weighted by Gasteiger charge is 2.46. The van der Waals surface area contributed by atoms with Crippen LogP contribution in [-0.2, 0) is 4.74 Å². The maximum atomic E-state index is 11.9. The predicted molar refractivity (Wildman–Crippen MR) is 69.3 cm³/mol. The Morgan fingerprint density at radius 1 is 1.39 bits per heavy atom. The minimum absolute atomic E-state index is 0.0000472. The van der Waals surface area contributed by atoms with E-state index in [1.54, 1.807) is 0 Å². The van der Waals surface area contributed by atoms with Crippen molar-refractivity contribution in [3.8, 4) is 0 Å². The summed E-state index contributed by atoms with van der Waals surface area (Å²) in [5, 5.41) is 2.99. The van der Waals surface area contributed by atoms with Crippen molar-refractivity contribution < 1.29 is 9.53 Å². The van der Waals surface area contributed by atoms with E-state index in [0.29, 0.717) is 30.2 Å². The van der Waals surface area contributed by atoms with Crippen LogP contribution in [0.5, 0.6) is 0 Å². The Morgan fingerprint density at radius 2 is 2.17 bits per heavy atom. The zero-order valence-electron chi connectivity index (χ0n) is 10.3. The van der Waals surface area contributed by atoms with Crippen LogP contribution in [0.2, 0.25) is 0 Å². The number of ether oxygens (including phenoxy) is 1. The van der Waals surface area contributed by atoms with Crippen LogP contribution < -0.4 is 5.32 Å². The van der Waals surface area contributed by atoms with Crippen molar-refractivity contribution in [3.63, 3.8) is 0 Å². The largest absolute Gasteiger partial charge is 0.365 e. The molecule has 1 aromatic rings. The van der Waals surface area contributed by atoms with Crippen molar-refractivity contribution in [2.45, 2.75) is 25.0 Å². The molecule has 1 N–H and O–H groups in total. The average Bonchev–Trinajstić information content (AvgIpc) is 3.17. The molecule has 3 heteroatoms. The van der Waals surface area contributed by atoms with Gasteiger partial charge in [0.05, 0.1) is 6.10 Å². The quantitative estimate of drug-likeness (QED) is 0.653. The van der Waals surface area contributed by atoms with Gasteiger partial charge in [0.25, 0.3) is 5.91 Å². The summed E-state index contributed by atoms with van der Waals surface area (Å²) in [5.41, 5.74) is 1.90. The fourth-order valence-corrected chi connectivity index (χ4v) is 2.66. The maximum Gasteiger partial charge on any atom is 0.251 e. The van der Waals surface area contributed by atoms with Crippen molar-refractivity contribution in [2.75, 3.05) is 6.54 Å². The molecule has 2 aliphatic rings. The summed E-state index contributed by atoms with van der Waals surface area (Å²) in [5.74, 6) is 0.467. The molecule has 1 saturated heterocycles. The molecule has 0 aromatic heterocycles. The maximum absolute atomic E-state index is 11.9. The number of amides is 1. The summed E-state index contributed by atoms with van der Waals surface area (Å²) < 4.78 is 5.50. The van der Waals surface area contributed by atoms with Gasteiger partial charge in [-0.05, 0) is 36.5 Å². The van der Waals surface area contributed by atoms with Crippen LogP contribution in [0.3, 0.4) is 0 Å². The van der Waals surface area contributed by atoms with Gasteiger partial charge in [-0.25, -0.2) is 0 Å². The molecular weight excluding hydrogens is 226 g/mol. The Balaban J connectivity index is 1.52. The second-order valence-electron chi connectivity index (χ2n) is 5.14. The molecule has 1 aliphatic heterocycles. The highest BCUT2D eigenvalue weighted by Crippen LogP contribution is 2.41. The van der Waals surface area contributed by atoms with Crippen LogP contribution >= 0.6 is 0 Å². The molecule has 0 bridgehead atoms. The average molecular weight is 243 g/mol. The Labute approximate surface area is 107 Å². The first-order chi connectivity index (χ1) is 8.74. The number of hydrogen-bond donors (Lipinski definition) is 1. The number of carbonyl (C=O) groups excluding carboxylic acids is 1. The highest BCUT2D eigenvalue weighted by molar-refractivity contribution is 5.94. The summed E-state index contributed by atoms with van der Waals surface area (Å²) in [6.07, 6.45) is 2.69. The number of rotatable bonds is 3. The smallest absolute Gasteiger partial charge is 0.251 e. The van der Waals surface area contributed by atoms with E-state index in [-0.39, 0.29) is 5.91 Å². The fourth-order valence-electron chi connectivity index (χ4n) is 2.66. The van der Waals surface area contributed by atoms with Crippen molar-refractivity contribution in [2.24, 2.45) is 5.92 Å². The van der Waals surface area contributed by atoms with Crippen molar-refractivity contribution in [1.82, 2.24) is 5.32 Å². The first kappa shape index (κ1) is 11.5. The lowest BCUT2D eigenvalue weighted by molar-refractivity contribution is 0.0945. The molecule has 3 nitrogen and oxygen atoms in total. The molecule has 18 heavy (non-hydrogen) atoms. The van der Waals surface area contributed by atoms with Crippen LogP contribution in [0, 0.1) is 5.92 Å². The van der Waals surface area contributed by atoms with Gasteiger partial charge in [0.15, 0.2) is 0 Å². The van der Waals surface area contributed by atoms with Crippen LogP contribution in [0.25, 0.3) is 0 Å². The number of epoxide rings is 1. The first-order valence-corrected chi connectivity index (χ1v) is 6.40. The lowest BCUT2D eigenvalue weighted by Crippen LogP contribution is -2.32. The van der Waals surface area contributed by atoms with Gasteiger partial charge in [-0.15, -0.1) is 0 Å². The van der Waals surface area contributed by atoms with Crippen molar-refractivity contribution in [3.05, 3.63) is 48.0 Å². The molecule has 1 aliphatic carbocycles. The Hall–Kier alpha value is -1.61. The van der Waals surface area contributed by atoms with Crippen LogP contribution in [0.1, 0.15) is 23.2 Å². The Bertz CT molecular complexity index is 469. The molecule has 3 rings (SSSR count). The van der Waals surface area contributed by atoms with Crippen molar-refractivity contribution >= 4 is 5.91 Å². The van der Waals surface area contributed by atoms with E-state index in [0.717, 1.165) is 12.8 Å². The number of benzene rings is 1. The predicted octanol–water partition coefficient (Wildman–Crippen LogP) is 2.15. The number of fused-ring (bicyclic) bond motifs is 1. The SMILES string of the molecule is C=C1C[C@@H](CNC(=O)c2ccccc2)C[C@@H]2O[C@H]12. The molecular formula is C15H17NO2. The van der Waals surface area contributed by atoms with Gasteiger partial charge in [0.1, 0.15) is 6.10 Å². The van der Waals surface area contributed by atoms with Gasteiger partial charge in [-0.3, -0.25) is 4.79 Å². The third kappa shape index (κ3) is 2.31.